The third kappa shape index (κ3) is 3.85. The summed E-state index contributed by atoms with van der Waals surface area (Å²) in [6.07, 6.45) is 2.19. The molecule has 0 spiro atoms. The maximum absolute atomic E-state index is 12.1. The second-order valence-electron chi connectivity index (χ2n) is 7.19. The highest BCUT2D eigenvalue weighted by Gasteiger charge is 2.33. The van der Waals surface area contributed by atoms with E-state index in [-0.39, 0.29) is 11.3 Å². The van der Waals surface area contributed by atoms with Crippen LogP contribution in [0.5, 0.6) is 0 Å². The summed E-state index contributed by atoms with van der Waals surface area (Å²) >= 11 is 0. The van der Waals surface area contributed by atoms with E-state index in [2.05, 4.69) is 46.3 Å². The Morgan fingerprint density at radius 1 is 1.35 bits per heavy atom. The van der Waals surface area contributed by atoms with E-state index in [0.29, 0.717) is 19.6 Å². The fourth-order valence-corrected chi connectivity index (χ4v) is 3.66. The van der Waals surface area contributed by atoms with Crippen LogP contribution in [0, 0.1) is 5.41 Å². The number of fused-ring (bicyclic) bond motifs is 1. The Hall–Kier alpha value is -1.59. The average Bonchev–Trinajstić information content (AvgIpc) is 3.12. The Kier molecular flexibility index (Phi) is 4.87. The summed E-state index contributed by atoms with van der Waals surface area (Å²) in [6, 6.07) is 8.53. The van der Waals surface area contributed by atoms with Crippen LogP contribution in [0.3, 0.4) is 0 Å². The number of hydrogen-bond acceptors (Lipinski definition) is 4. The average molecular weight is 316 g/mol. The van der Waals surface area contributed by atoms with Crippen molar-refractivity contribution in [3.05, 3.63) is 29.8 Å². The first kappa shape index (κ1) is 16.3. The molecule has 2 aliphatic heterocycles. The number of para-hydroxylation sites is 1. The van der Waals surface area contributed by atoms with Crippen LogP contribution in [-0.2, 0) is 11.2 Å². The number of carbonyl (C=O) groups is 1. The Bertz CT molecular complexity index is 562. The van der Waals surface area contributed by atoms with Gasteiger partial charge in [0.15, 0.2) is 0 Å². The standard InChI is InChI=1S/C18H28N4O/c1-18(13-19)7-10-21(14-18)12-17(23)20-8-11-22-9-6-15-4-2-3-5-16(15)22/h2-5H,6-14,19H2,1H3,(H,20,23). The summed E-state index contributed by atoms with van der Waals surface area (Å²) in [4.78, 5) is 16.7. The molecule has 1 saturated heterocycles. The minimum absolute atomic E-state index is 0.124. The maximum Gasteiger partial charge on any atom is 0.234 e. The van der Waals surface area contributed by atoms with Crippen molar-refractivity contribution in [2.75, 3.05) is 50.7 Å². The van der Waals surface area contributed by atoms with Gasteiger partial charge in [-0.05, 0) is 43.0 Å². The van der Waals surface area contributed by atoms with Crippen molar-refractivity contribution >= 4 is 11.6 Å². The third-order valence-corrected chi connectivity index (χ3v) is 5.18. The summed E-state index contributed by atoms with van der Waals surface area (Å²) in [5.41, 5.74) is 8.73. The molecular formula is C18H28N4O. The van der Waals surface area contributed by atoms with E-state index < -0.39 is 0 Å². The zero-order valence-corrected chi connectivity index (χ0v) is 14.1. The first-order chi connectivity index (χ1) is 11.1. The quantitative estimate of drug-likeness (QED) is 0.816. The molecule has 0 saturated carbocycles. The predicted molar refractivity (Wildman–Crippen MR) is 93.6 cm³/mol. The minimum Gasteiger partial charge on any atom is -0.369 e. The van der Waals surface area contributed by atoms with Crippen LogP contribution >= 0.6 is 0 Å². The van der Waals surface area contributed by atoms with Gasteiger partial charge < -0.3 is 16.0 Å². The van der Waals surface area contributed by atoms with E-state index >= 15 is 0 Å². The number of nitrogens with zero attached hydrogens (tertiary/aromatic N) is 2. The summed E-state index contributed by atoms with van der Waals surface area (Å²) in [7, 11) is 0. The SMILES string of the molecule is CC1(CN)CCN(CC(=O)NCCN2CCc3ccccc32)C1. The van der Waals surface area contributed by atoms with Crippen LogP contribution in [0.4, 0.5) is 5.69 Å². The molecule has 5 heteroatoms. The van der Waals surface area contributed by atoms with Crippen LogP contribution < -0.4 is 16.0 Å². The van der Waals surface area contributed by atoms with Gasteiger partial charge >= 0.3 is 0 Å². The monoisotopic (exact) mass is 316 g/mol. The first-order valence-electron chi connectivity index (χ1n) is 8.62. The summed E-state index contributed by atoms with van der Waals surface area (Å²) in [5.74, 6) is 0.124. The minimum atomic E-state index is 0.124. The van der Waals surface area contributed by atoms with Gasteiger partial charge in [-0.25, -0.2) is 0 Å². The van der Waals surface area contributed by atoms with Gasteiger partial charge in [0.05, 0.1) is 6.54 Å². The lowest BCUT2D eigenvalue weighted by atomic mass is 9.90. The van der Waals surface area contributed by atoms with Gasteiger partial charge in [0.25, 0.3) is 0 Å². The second-order valence-corrected chi connectivity index (χ2v) is 7.19. The zero-order chi connectivity index (χ0) is 16.3. The number of nitrogens with two attached hydrogens (primary N) is 1. The first-order valence-corrected chi connectivity index (χ1v) is 8.62. The number of likely N-dealkylation sites (tertiary alicyclic amines) is 1. The molecule has 0 aliphatic carbocycles. The molecule has 3 N–H and O–H groups in total. The molecule has 0 radical (unpaired) electrons. The molecule has 1 unspecified atom stereocenters. The van der Waals surface area contributed by atoms with Gasteiger partial charge in [-0.15, -0.1) is 0 Å². The molecule has 23 heavy (non-hydrogen) atoms. The van der Waals surface area contributed by atoms with E-state index in [1.807, 2.05) is 0 Å². The molecular weight excluding hydrogens is 288 g/mol. The molecule has 1 aromatic carbocycles. The number of hydrogen-bond donors (Lipinski definition) is 2. The van der Waals surface area contributed by atoms with Gasteiger partial charge in [0.2, 0.25) is 5.91 Å². The summed E-state index contributed by atoms with van der Waals surface area (Å²) in [5, 5.41) is 3.06. The molecule has 1 amide bonds. The highest BCUT2D eigenvalue weighted by atomic mass is 16.2. The van der Waals surface area contributed by atoms with Crippen LogP contribution in [0.2, 0.25) is 0 Å². The molecule has 1 atom stereocenters. The molecule has 1 aromatic rings. The summed E-state index contributed by atoms with van der Waals surface area (Å²) in [6.45, 7) is 7.92. The molecule has 126 valence electrons. The summed E-state index contributed by atoms with van der Waals surface area (Å²) < 4.78 is 0. The largest absolute Gasteiger partial charge is 0.369 e. The van der Waals surface area contributed by atoms with Crippen molar-refractivity contribution < 1.29 is 4.79 Å². The lowest BCUT2D eigenvalue weighted by Crippen LogP contribution is -2.41. The van der Waals surface area contributed by atoms with E-state index in [9.17, 15) is 4.79 Å². The van der Waals surface area contributed by atoms with E-state index in [0.717, 1.165) is 39.0 Å². The fraction of sp³-hybridized carbons (Fsp3) is 0.611. The second kappa shape index (κ2) is 6.89. The molecule has 1 fully saturated rings. The molecule has 0 aromatic heterocycles. The van der Waals surface area contributed by atoms with Crippen molar-refractivity contribution in [1.29, 1.82) is 0 Å². The molecule has 2 heterocycles. The highest BCUT2D eigenvalue weighted by Crippen LogP contribution is 2.28. The van der Waals surface area contributed by atoms with Crippen molar-refractivity contribution in [2.45, 2.75) is 19.8 Å². The Morgan fingerprint density at radius 3 is 2.96 bits per heavy atom. The number of rotatable bonds is 6. The van der Waals surface area contributed by atoms with Gasteiger partial charge in [-0.1, -0.05) is 25.1 Å². The van der Waals surface area contributed by atoms with E-state index in [1.165, 1.54) is 11.3 Å². The maximum atomic E-state index is 12.1. The lowest BCUT2D eigenvalue weighted by Gasteiger charge is -2.23. The molecule has 2 aliphatic rings. The third-order valence-electron chi connectivity index (χ3n) is 5.18. The Morgan fingerprint density at radius 2 is 2.17 bits per heavy atom. The lowest BCUT2D eigenvalue weighted by molar-refractivity contribution is -0.122. The Labute approximate surface area is 138 Å². The fourth-order valence-electron chi connectivity index (χ4n) is 3.66. The van der Waals surface area contributed by atoms with E-state index in [4.69, 9.17) is 5.73 Å². The predicted octanol–water partition coefficient (Wildman–Crippen LogP) is 0.836. The van der Waals surface area contributed by atoms with Gasteiger partial charge in [0, 0.05) is 31.9 Å². The highest BCUT2D eigenvalue weighted by molar-refractivity contribution is 5.78. The van der Waals surface area contributed by atoms with Crippen LogP contribution in [-0.4, -0.2) is 56.6 Å². The molecule has 3 rings (SSSR count). The number of benzene rings is 1. The smallest absolute Gasteiger partial charge is 0.234 e. The van der Waals surface area contributed by atoms with Crippen molar-refractivity contribution in [1.82, 2.24) is 10.2 Å². The number of nitrogens with one attached hydrogen (secondary N) is 1. The van der Waals surface area contributed by atoms with Crippen LogP contribution in [0.25, 0.3) is 0 Å². The molecule has 0 bridgehead atoms. The van der Waals surface area contributed by atoms with Gasteiger partial charge in [-0.2, -0.15) is 0 Å². The Balaban J connectivity index is 1.39. The van der Waals surface area contributed by atoms with Crippen LogP contribution in [0.1, 0.15) is 18.9 Å². The topological polar surface area (TPSA) is 61.6 Å². The van der Waals surface area contributed by atoms with Crippen molar-refractivity contribution in [3.63, 3.8) is 0 Å². The normalized spacial score (nSPS) is 24.0. The van der Waals surface area contributed by atoms with Crippen molar-refractivity contribution in [3.8, 4) is 0 Å². The zero-order valence-electron chi connectivity index (χ0n) is 14.1. The van der Waals surface area contributed by atoms with Crippen LogP contribution in [0.15, 0.2) is 24.3 Å². The van der Waals surface area contributed by atoms with Crippen molar-refractivity contribution in [2.24, 2.45) is 11.1 Å². The van der Waals surface area contributed by atoms with E-state index in [1.54, 1.807) is 0 Å². The number of carbonyl (C=O) groups excluding carboxylic acids is 1. The molecule has 5 nitrogen and oxygen atoms in total. The number of anilines is 1. The number of amides is 1. The van der Waals surface area contributed by atoms with Gasteiger partial charge in [-0.3, -0.25) is 9.69 Å². The van der Waals surface area contributed by atoms with Gasteiger partial charge in [0.1, 0.15) is 0 Å².